The van der Waals surface area contributed by atoms with Crippen LogP contribution in [0.3, 0.4) is 0 Å². The zero-order chi connectivity index (χ0) is 27.1. The van der Waals surface area contributed by atoms with E-state index in [0.717, 1.165) is 56.4 Å². The Morgan fingerprint density at radius 2 is 1.62 bits per heavy atom. The minimum absolute atomic E-state index is 0.139. The van der Waals surface area contributed by atoms with Crippen molar-refractivity contribution in [2.45, 2.75) is 24.5 Å². The van der Waals surface area contributed by atoms with Gasteiger partial charge < -0.3 is 19.3 Å². The summed E-state index contributed by atoms with van der Waals surface area (Å²) in [6.07, 6.45) is 5.33. The minimum Gasteiger partial charge on any atom is -0.497 e. The topological polar surface area (TPSA) is 47.9 Å². The normalized spacial score (nSPS) is 27.1. The number of methoxy groups -OCH3 is 1. The maximum Gasteiger partial charge on any atom is 0.177 e. The zero-order valence-corrected chi connectivity index (χ0v) is 22.6. The van der Waals surface area contributed by atoms with Crippen LogP contribution < -0.4 is 19.9 Å². The van der Waals surface area contributed by atoms with Gasteiger partial charge in [0, 0.05) is 34.6 Å². The van der Waals surface area contributed by atoms with Crippen LogP contribution >= 0.6 is 0 Å². The third-order valence-corrected chi connectivity index (χ3v) is 9.26. The van der Waals surface area contributed by atoms with Crippen molar-refractivity contribution in [2.24, 2.45) is 11.8 Å². The molecular weight excluding hydrogens is 496 g/mol. The lowest BCUT2D eigenvalue weighted by Gasteiger charge is -2.44. The van der Waals surface area contributed by atoms with Gasteiger partial charge in [-0.25, -0.2) is 0 Å². The first-order chi connectivity index (χ1) is 19.5. The van der Waals surface area contributed by atoms with E-state index >= 15 is 0 Å². The number of fused-ring (bicyclic) bond motifs is 7. The van der Waals surface area contributed by atoms with Gasteiger partial charge in [0.05, 0.1) is 19.3 Å². The van der Waals surface area contributed by atoms with Gasteiger partial charge in [-0.1, -0.05) is 72.8 Å². The average molecular weight is 527 g/mol. The van der Waals surface area contributed by atoms with E-state index in [9.17, 15) is 5.11 Å². The van der Waals surface area contributed by atoms with Gasteiger partial charge in [0.15, 0.2) is 5.60 Å². The largest absolute Gasteiger partial charge is 0.497 e. The molecule has 0 fully saturated rings. The van der Waals surface area contributed by atoms with Crippen molar-refractivity contribution < 1.29 is 19.3 Å². The third kappa shape index (κ3) is 3.11. The van der Waals surface area contributed by atoms with E-state index in [0.29, 0.717) is 6.61 Å². The van der Waals surface area contributed by atoms with Gasteiger partial charge in [-0.2, -0.15) is 0 Å². The Labute approximate surface area is 233 Å². The smallest absolute Gasteiger partial charge is 0.177 e. The van der Waals surface area contributed by atoms with Crippen LogP contribution in [-0.2, 0) is 22.4 Å². The van der Waals surface area contributed by atoms with Crippen LogP contribution in [0.1, 0.15) is 34.7 Å². The van der Waals surface area contributed by atoms with E-state index in [1.165, 1.54) is 11.1 Å². The van der Waals surface area contributed by atoms with Crippen LogP contribution in [0, 0.1) is 11.8 Å². The summed E-state index contributed by atoms with van der Waals surface area (Å²) in [5, 5.41) is 14.3. The summed E-state index contributed by atoms with van der Waals surface area (Å²) < 4.78 is 18.8. The van der Waals surface area contributed by atoms with Crippen LogP contribution in [0.4, 0.5) is 0 Å². The number of rotatable bonds is 3. The fourth-order valence-electron chi connectivity index (χ4n) is 7.37. The Kier molecular flexibility index (Phi) is 4.93. The molecule has 0 radical (unpaired) electrons. The highest BCUT2D eigenvalue weighted by atomic mass is 16.5. The highest BCUT2D eigenvalue weighted by Crippen LogP contribution is 2.56. The molecule has 0 amide bonds. The van der Waals surface area contributed by atoms with Crippen molar-refractivity contribution in [2.75, 3.05) is 13.7 Å². The van der Waals surface area contributed by atoms with E-state index in [1.807, 2.05) is 43.3 Å². The number of hydrogen-bond acceptors (Lipinski definition) is 4. The van der Waals surface area contributed by atoms with Gasteiger partial charge in [0.1, 0.15) is 17.3 Å². The second kappa shape index (κ2) is 8.36. The molecule has 2 aliphatic heterocycles. The first-order valence-corrected chi connectivity index (χ1v) is 14.0. The molecule has 1 N–H and O–H groups in total. The molecule has 0 saturated carbocycles. The minimum atomic E-state index is -1.05. The lowest BCUT2D eigenvalue weighted by molar-refractivity contribution is 0.00246. The molecule has 4 aromatic rings. The summed E-state index contributed by atoms with van der Waals surface area (Å²) in [5.74, 6) is 2.28. The first kappa shape index (κ1) is 23.6. The summed E-state index contributed by atoms with van der Waals surface area (Å²) in [6, 6.07) is 31.2. The van der Waals surface area contributed by atoms with Crippen LogP contribution in [0.25, 0.3) is 11.3 Å². The highest BCUT2D eigenvalue weighted by molar-refractivity contribution is 5.81. The van der Waals surface area contributed by atoms with Crippen LogP contribution in [0.15, 0.2) is 103 Å². The average Bonchev–Trinajstić information content (AvgIpc) is 3.56. The van der Waals surface area contributed by atoms with E-state index in [4.69, 9.17) is 14.2 Å². The summed E-state index contributed by atoms with van der Waals surface area (Å²) >= 11 is 0. The fraction of sp³-hybridized carbons (Fsp3) is 0.222. The van der Waals surface area contributed by atoms with E-state index in [2.05, 4.69) is 66.7 Å². The molecule has 40 heavy (non-hydrogen) atoms. The maximum absolute atomic E-state index is 12.2. The Hall–Kier alpha value is -4.28. The predicted molar refractivity (Wildman–Crippen MR) is 154 cm³/mol. The molecule has 4 aliphatic rings. The number of aliphatic hydroxyl groups is 1. The summed E-state index contributed by atoms with van der Waals surface area (Å²) in [6.45, 7) is 2.64. The molecule has 4 atom stereocenters. The summed E-state index contributed by atoms with van der Waals surface area (Å²) in [4.78, 5) is 0. The molecule has 0 saturated heterocycles. The summed E-state index contributed by atoms with van der Waals surface area (Å²) in [7, 11) is 1.68. The first-order valence-electron chi connectivity index (χ1n) is 14.0. The third-order valence-electron chi connectivity index (χ3n) is 9.26. The number of ether oxygens (including phenoxy) is 3. The van der Waals surface area contributed by atoms with Crippen LogP contribution in [0.5, 0.6) is 11.5 Å². The quantitative estimate of drug-likeness (QED) is 0.385. The van der Waals surface area contributed by atoms with Crippen molar-refractivity contribution in [3.63, 3.8) is 0 Å². The van der Waals surface area contributed by atoms with Crippen LogP contribution in [-0.4, -0.2) is 18.8 Å². The van der Waals surface area contributed by atoms with Crippen molar-refractivity contribution >= 4 is 11.3 Å². The molecular formula is C36H30O4. The lowest BCUT2D eigenvalue weighted by Crippen LogP contribution is -2.48. The SMILES string of the molecule is COc1ccc(C2(c3ccccc3)C=CC3C(=c4cc5c(cc4=C4c6ccccc6C(C)(O)C43)CCO5)O2)cc1. The molecule has 0 spiro atoms. The molecule has 4 nitrogen and oxygen atoms in total. The molecule has 0 bridgehead atoms. The van der Waals surface area contributed by atoms with Crippen molar-refractivity contribution in [3.8, 4) is 11.5 Å². The summed E-state index contributed by atoms with van der Waals surface area (Å²) in [5.41, 5.74) is 4.67. The molecule has 198 valence electrons. The number of benzene rings is 4. The monoisotopic (exact) mass is 526 g/mol. The van der Waals surface area contributed by atoms with Crippen LogP contribution in [0.2, 0.25) is 0 Å². The number of hydrogen-bond donors (Lipinski definition) is 1. The maximum atomic E-state index is 12.2. The Balaban J connectivity index is 1.45. The molecule has 0 aromatic heterocycles. The Bertz CT molecular complexity index is 1820. The van der Waals surface area contributed by atoms with Gasteiger partial charge in [-0.15, -0.1) is 0 Å². The Morgan fingerprint density at radius 1 is 0.875 bits per heavy atom. The van der Waals surface area contributed by atoms with Crippen molar-refractivity contribution in [1.82, 2.24) is 0 Å². The molecule has 8 rings (SSSR count). The van der Waals surface area contributed by atoms with Crippen molar-refractivity contribution in [1.29, 1.82) is 0 Å². The molecule has 4 aromatic carbocycles. The molecule has 4 unspecified atom stereocenters. The van der Waals surface area contributed by atoms with Gasteiger partial charge in [0.2, 0.25) is 0 Å². The molecule has 4 heteroatoms. The van der Waals surface area contributed by atoms with Gasteiger partial charge >= 0.3 is 0 Å². The van der Waals surface area contributed by atoms with E-state index < -0.39 is 11.2 Å². The molecule has 2 aliphatic carbocycles. The van der Waals surface area contributed by atoms with Gasteiger partial charge in [0.25, 0.3) is 0 Å². The zero-order valence-electron chi connectivity index (χ0n) is 22.6. The van der Waals surface area contributed by atoms with Crippen molar-refractivity contribution in [3.05, 3.63) is 141 Å². The fourth-order valence-corrected chi connectivity index (χ4v) is 7.37. The van der Waals surface area contributed by atoms with E-state index in [1.54, 1.807) is 7.11 Å². The Morgan fingerprint density at radius 3 is 2.42 bits per heavy atom. The van der Waals surface area contributed by atoms with E-state index in [-0.39, 0.29) is 11.8 Å². The van der Waals surface area contributed by atoms with Gasteiger partial charge in [-0.3, -0.25) is 0 Å². The highest BCUT2D eigenvalue weighted by Gasteiger charge is 2.53. The second-order valence-corrected chi connectivity index (χ2v) is 11.4. The second-order valence-electron chi connectivity index (χ2n) is 11.4. The van der Waals surface area contributed by atoms with Gasteiger partial charge in [-0.05, 0) is 64.7 Å². The lowest BCUT2D eigenvalue weighted by atomic mass is 9.70. The predicted octanol–water partition coefficient (Wildman–Crippen LogP) is 4.93. The standard InChI is InChI=1S/C36H30O4/c1-35(37)30-11-7-6-10-26(30)32-28-20-22-17-19-39-31(22)21-29(28)34-27(33(32)35)16-18-36(40-34,23-8-4-3-5-9-23)24-12-14-25(38-2)15-13-24/h3-16,18,20-21,27,33,37H,17,19H2,1-2H3. The molecule has 2 heterocycles.